The second-order valence-electron chi connectivity index (χ2n) is 2.49. The van der Waals surface area contributed by atoms with E-state index in [9.17, 15) is 4.79 Å². The molecule has 0 heterocycles. The van der Waals surface area contributed by atoms with Crippen LogP contribution in [0.2, 0.25) is 0 Å². The molecule has 1 rings (SSSR count). The highest BCUT2D eigenvalue weighted by Gasteiger charge is 2.13. The van der Waals surface area contributed by atoms with Crippen LogP contribution >= 0.6 is 27.7 Å². The number of halogens is 1. The van der Waals surface area contributed by atoms with Crippen molar-refractivity contribution in [1.82, 2.24) is 0 Å². The zero-order valence-electron chi connectivity index (χ0n) is 7.70. The molecule has 0 unspecified atom stereocenters. The fourth-order valence-electron chi connectivity index (χ4n) is 1.02. The van der Waals surface area contributed by atoms with Crippen molar-refractivity contribution >= 4 is 33.7 Å². The summed E-state index contributed by atoms with van der Waals surface area (Å²) in [6.45, 7) is 0. The summed E-state index contributed by atoms with van der Waals surface area (Å²) in [6.07, 6.45) is 1.87. The van der Waals surface area contributed by atoms with Crippen molar-refractivity contribution in [3.63, 3.8) is 0 Å². The van der Waals surface area contributed by atoms with Gasteiger partial charge in [-0.2, -0.15) is 0 Å². The average molecular weight is 277 g/mol. The van der Waals surface area contributed by atoms with Crippen LogP contribution in [0, 0.1) is 0 Å². The SMILES string of the molecule is COc1cc(Br)c(C(=O)O)cc1SC. The summed E-state index contributed by atoms with van der Waals surface area (Å²) >= 11 is 4.63. The predicted octanol–water partition coefficient (Wildman–Crippen LogP) is 2.88. The summed E-state index contributed by atoms with van der Waals surface area (Å²) in [5.74, 6) is -0.274. The summed E-state index contributed by atoms with van der Waals surface area (Å²) in [5.41, 5.74) is 0.246. The zero-order chi connectivity index (χ0) is 10.7. The maximum Gasteiger partial charge on any atom is 0.336 e. The number of aromatic carboxylic acids is 1. The summed E-state index contributed by atoms with van der Waals surface area (Å²) in [5, 5.41) is 8.87. The summed E-state index contributed by atoms with van der Waals surface area (Å²) < 4.78 is 5.64. The Hall–Kier alpha value is -0.680. The van der Waals surface area contributed by atoms with Gasteiger partial charge in [-0.1, -0.05) is 0 Å². The third-order valence-corrected chi connectivity index (χ3v) is 3.12. The quantitative estimate of drug-likeness (QED) is 0.863. The molecular weight excluding hydrogens is 268 g/mol. The molecule has 0 fully saturated rings. The Balaban J connectivity index is 3.30. The van der Waals surface area contributed by atoms with Crippen molar-refractivity contribution in [3.8, 4) is 5.75 Å². The molecule has 0 aliphatic rings. The van der Waals surface area contributed by atoms with Gasteiger partial charge in [-0.05, 0) is 34.3 Å². The largest absolute Gasteiger partial charge is 0.496 e. The van der Waals surface area contributed by atoms with E-state index in [0.717, 1.165) is 4.90 Å². The molecule has 5 heteroatoms. The first-order valence-corrected chi connectivity index (χ1v) is 5.76. The van der Waals surface area contributed by atoms with Gasteiger partial charge in [-0.25, -0.2) is 4.79 Å². The first kappa shape index (κ1) is 11.4. The van der Waals surface area contributed by atoms with Crippen LogP contribution in [0.4, 0.5) is 0 Å². The van der Waals surface area contributed by atoms with Gasteiger partial charge in [0.05, 0.1) is 17.6 Å². The number of thioether (sulfide) groups is 1. The summed E-state index contributed by atoms with van der Waals surface area (Å²) in [7, 11) is 1.56. The minimum atomic E-state index is -0.949. The van der Waals surface area contributed by atoms with Crippen molar-refractivity contribution in [1.29, 1.82) is 0 Å². The van der Waals surface area contributed by atoms with E-state index in [1.54, 1.807) is 19.2 Å². The van der Waals surface area contributed by atoms with Gasteiger partial charge in [0, 0.05) is 4.47 Å². The number of benzene rings is 1. The van der Waals surface area contributed by atoms with Crippen molar-refractivity contribution in [2.75, 3.05) is 13.4 Å². The van der Waals surface area contributed by atoms with E-state index in [-0.39, 0.29) is 5.56 Å². The van der Waals surface area contributed by atoms with Crippen LogP contribution in [-0.4, -0.2) is 24.4 Å². The first-order chi connectivity index (χ1) is 6.60. The molecule has 0 amide bonds. The molecule has 14 heavy (non-hydrogen) atoms. The maximum absolute atomic E-state index is 10.8. The van der Waals surface area contributed by atoms with Crippen LogP contribution < -0.4 is 4.74 Å². The van der Waals surface area contributed by atoms with E-state index >= 15 is 0 Å². The van der Waals surface area contributed by atoms with Gasteiger partial charge in [0.25, 0.3) is 0 Å². The van der Waals surface area contributed by atoms with Crippen molar-refractivity contribution in [2.45, 2.75) is 4.90 Å². The van der Waals surface area contributed by atoms with Crippen LogP contribution in [0.5, 0.6) is 5.75 Å². The Labute approximate surface area is 94.6 Å². The van der Waals surface area contributed by atoms with Gasteiger partial charge in [0.1, 0.15) is 5.75 Å². The normalized spacial score (nSPS) is 9.93. The fourth-order valence-corrected chi connectivity index (χ4v) is 2.09. The van der Waals surface area contributed by atoms with E-state index in [4.69, 9.17) is 9.84 Å². The Bertz CT molecular complexity index is 365. The lowest BCUT2D eigenvalue weighted by atomic mass is 10.2. The summed E-state index contributed by atoms with van der Waals surface area (Å²) in [4.78, 5) is 11.6. The Morgan fingerprint density at radius 2 is 2.21 bits per heavy atom. The lowest BCUT2D eigenvalue weighted by Gasteiger charge is -2.08. The number of hydrogen-bond acceptors (Lipinski definition) is 3. The number of methoxy groups -OCH3 is 1. The van der Waals surface area contributed by atoms with Crippen LogP contribution in [0.3, 0.4) is 0 Å². The number of carboxylic acids is 1. The second kappa shape index (κ2) is 4.70. The van der Waals surface area contributed by atoms with Crippen LogP contribution in [0.1, 0.15) is 10.4 Å². The highest BCUT2D eigenvalue weighted by Crippen LogP contribution is 2.33. The van der Waals surface area contributed by atoms with Gasteiger partial charge in [0.15, 0.2) is 0 Å². The number of rotatable bonds is 3. The molecule has 0 bridgehead atoms. The lowest BCUT2D eigenvalue weighted by molar-refractivity contribution is 0.0695. The van der Waals surface area contributed by atoms with Crippen LogP contribution in [0.25, 0.3) is 0 Å². The second-order valence-corrected chi connectivity index (χ2v) is 4.19. The highest BCUT2D eigenvalue weighted by molar-refractivity contribution is 9.10. The van der Waals surface area contributed by atoms with Crippen molar-refractivity contribution < 1.29 is 14.6 Å². The van der Waals surface area contributed by atoms with E-state index < -0.39 is 5.97 Å². The molecule has 1 aromatic carbocycles. The Morgan fingerprint density at radius 3 is 2.64 bits per heavy atom. The molecule has 76 valence electrons. The molecule has 1 N–H and O–H groups in total. The molecule has 0 aromatic heterocycles. The van der Waals surface area contributed by atoms with Crippen molar-refractivity contribution in [2.24, 2.45) is 0 Å². The minimum absolute atomic E-state index is 0.246. The molecular formula is C9H9BrO3S. The molecule has 0 radical (unpaired) electrons. The average Bonchev–Trinajstić information content (AvgIpc) is 2.16. The molecule has 0 saturated carbocycles. The third kappa shape index (κ3) is 2.22. The molecule has 0 spiro atoms. The number of ether oxygens (including phenoxy) is 1. The van der Waals surface area contributed by atoms with Crippen molar-refractivity contribution in [3.05, 3.63) is 22.2 Å². The molecule has 0 atom stereocenters. The monoisotopic (exact) mass is 276 g/mol. The minimum Gasteiger partial charge on any atom is -0.496 e. The topological polar surface area (TPSA) is 46.5 Å². The number of carboxylic acid groups (broad SMARTS) is 1. The highest BCUT2D eigenvalue weighted by atomic mass is 79.9. The van der Waals surface area contributed by atoms with Gasteiger partial charge in [-0.3, -0.25) is 0 Å². The van der Waals surface area contributed by atoms with Gasteiger partial charge < -0.3 is 9.84 Å². The zero-order valence-corrected chi connectivity index (χ0v) is 10.1. The van der Waals surface area contributed by atoms with E-state index in [2.05, 4.69) is 15.9 Å². The number of carbonyl (C=O) groups is 1. The van der Waals surface area contributed by atoms with Crippen LogP contribution in [0.15, 0.2) is 21.5 Å². The maximum atomic E-state index is 10.8. The standard InChI is InChI=1S/C9H9BrO3S/c1-13-7-4-6(10)5(9(11)12)3-8(7)14-2/h3-4H,1-2H3,(H,11,12). The van der Waals surface area contributed by atoms with Gasteiger partial charge in [0.2, 0.25) is 0 Å². The Morgan fingerprint density at radius 1 is 1.57 bits per heavy atom. The molecule has 0 aliphatic heterocycles. The van der Waals surface area contributed by atoms with E-state index in [1.807, 2.05) is 6.26 Å². The number of hydrogen-bond donors (Lipinski definition) is 1. The van der Waals surface area contributed by atoms with Gasteiger partial charge >= 0.3 is 5.97 Å². The molecule has 1 aromatic rings. The third-order valence-electron chi connectivity index (χ3n) is 1.70. The first-order valence-electron chi connectivity index (χ1n) is 3.75. The van der Waals surface area contributed by atoms with Gasteiger partial charge in [-0.15, -0.1) is 11.8 Å². The smallest absolute Gasteiger partial charge is 0.336 e. The Kier molecular flexibility index (Phi) is 3.83. The van der Waals surface area contributed by atoms with E-state index in [0.29, 0.717) is 10.2 Å². The molecule has 3 nitrogen and oxygen atoms in total. The van der Waals surface area contributed by atoms with Crippen LogP contribution in [-0.2, 0) is 0 Å². The molecule has 0 aliphatic carbocycles. The lowest BCUT2D eigenvalue weighted by Crippen LogP contribution is -1.99. The molecule has 0 saturated heterocycles. The fraction of sp³-hybridized carbons (Fsp3) is 0.222. The van der Waals surface area contributed by atoms with E-state index in [1.165, 1.54) is 11.8 Å². The predicted molar refractivity (Wildman–Crippen MR) is 59.4 cm³/mol. The summed E-state index contributed by atoms with van der Waals surface area (Å²) in [6, 6.07) is 3.26.